The maximum atomic E-state index is 13.2. The van der Waals surface area contributed by atoms with E-state index < -0.39 is 36.5 Å². The first-order valence-electron chi connectivity index (χ1n) is 12.0. The van der Waals surface area contributed by atoms with Crippen molar-refractivity contribution in [3.63, 3.8) is 0 Å². The summed E-state index contributed by atoms with van der Waals surface area (Å²) in [6.07, 6.45) is 3.21. The number of ether oxygens (including phenoxy) is 2. The maximum Gasteiger partial charge on any atom is 0.321 e. The van der Waals surface area contributed by atoms with E-state index in [1.807, 2.05) is 6.20 Å². The number of hydrogen-bond acceptors (Lipinski definition) is 5. The average molecular weight is 520 g/mol. The summed E-state index contributed by atoms with van der Waals surface area (Å²) in [7, 11) is 0. The van der Waals surface area contributed by atoms with Crippen LogP contribution in [0.25, 0.3) is 5.65 Å². The lowest BCUT2D eigenvalue weighted by Crippen LogP contribution is -2.45. The van der Waals surface area contributed by atoms with Crippen LogP contribution in [0.5, 0.6) is 5.75 Å². The van der Waals surface area contributed by atoms with Gasteiger partial charge in [-0.05, 0) is 44.7 Å². The van der Waals surface area contributed by atoms with Crippen LogP contribution in [-0.2, 0) is 10.2 Å². The van der Waals surface area contributed by atoms with Gasteiger partial charge in [-0.2, -0.15) is 8.78 Å². The van der Waals surface area contributed by atoms with Crippen molar-refractivity contribution in [3.05, 3.63) is 58.4 Å². The summed E-state index contributed by atoms with van der Waals surface area (Å²) in [5.74, 6) is -1.42. The number of rotatable bonds is 7. The second kappa shape index (κ2) is 8.30. The SMILES string of the molecule is CC12CC(c3cn4cc(C(=O)Nc5cccn(C(F)F)c5=O)c(OC5CC(C(F)F)C5)cc4n3)(CO1)C2. The Morgan fingerprint density at radius 1 is 1.24 bits per heavy atom. The van der Waals surface area contributed by atoms with Crippen molar-refractivity contribution in [2.75, 3.05) is 11.9 Å². The quantitative estimate of drug-likeness (QED) is 0.467. The van der Waals surface area contributed by atoms with E-state index in [1.54, 1.807) is 10.5 Å². The third-order valence-electron chi connectivity index (χ3n) is 7.68. The van der Waals surface area contributed by atoms with Crippen molar-refractivity contribution in [2.24, 2.45) is 5.92 Å². The van der Waals surface area contributed by atoms with Crippen LogP contribution in [0.15, 0.2) is 41.6 Å². The van der Waals surface area contributed by atoms with E-state index in [1.165, 1.54) is 18.3 Å². The topological polar surface area (TPSA) is 86.9 Å². The first-order valence-corrected chi connectivity index (χ1v) is 12.0. The molecule has 4 fully saturated rings. The smallest absolute Gasteiger partial charge is 0.321 e. The van der Waals surface area contributed by atoms with Crippen LogP contribution in [0, 0.1) is 5.92 Å². The van der Waals surface area contributed by atoms with Gasteiger partial charge in [0.25, 0.3) is 11.5 Å². The number of halogens is 4. The molecule has 3 aromatic rings. The zero-order chi connectivity index (χ0) is 26.1. The first kappa shape index (κ1) is 24.0. The molecular weight excluding hydrogens is 496 g/mol. The van der Waals surface area contributed by atoms with Crippen molar-refractivity contribution >= 4 is 17.2 Å². The number of amides is 1. The van der Waals surface area contributed by atoms with E-state index in [2.05, 4.69) is 12.2 Å². The fourth-order valence-electron chi connectivity index (χ4n) is 5.73. The lowest BCUT2D eigenvalue weighted by Gasteiger charge is -2.41. The monoisotopic (exact) mass is 520 g/mol. The van der Waals surface area contributed by atoms with Crippen LogP contribution in [-0.4, -0.2) is 44.6 Å². The van der Waals surface area contributed by atoms with Gasteiger partial charge >= 0.3 is 6.55 Å². The zero-order valence-electron chi connectivity index (χ0n) is 19.8. The molecule has 0 radical (unpaired) electrons. The van der Waals surface area contributed by atoms with Crippen LogP contribution < -0.4 is 15.6 Å². The predicted octanol–water partition coefficient (Wildman–Crippen LogP) is 4.39. The summed E-state index contributed by atoms with van der Waals surface area (Å²) in [5, 5.41) is 2.39. The summed E-state index contributed by atoms with van der Waals surface area (Å²) in [6.45, 7) is -0.470. The van der Waals surface area contributed by atoms with E-state index in [0.717, 1.165) is 24.7 Å². The van der Waals surface area contributed by atoms with Gasteiger partial charge in [-0.1, -0.05) is 0 Å². The highest BCUT2D eigenvalue weighted by Crippen LogP contribution is 2.58. The molecule has 4 aliphatic rings. The van der Waals surface area contributed by atoms with Crippen LogP contribution in [0.3, 0.4) is 0 Å². The second-order valence-corrected chi connectivity index (χ2v) is 10.5. The third-order valence-corrected chi connectivity index (χ3v) is 7.68. The Morgan fingerprint density at radius 2 is 2.00 bits per heavy atom. The van der Waals surface area contributed by atoms with Gasteiger partial charge in [0.2, 0.25) is 6.43 Å². The Bertz CT molecular complexity index is 1440. The number of nitrogens with zero attached hydrogens (tertiary/aromatic N) is 3. The molecule has 1 N–H and O–H groups in total. The predicted molar refractivity (Wildman–Crippen MR) is 124 cm³/mol. The number of fused-ring (bicyclic) bond motifs is 2. The summed E-state index contributed by atoms with van der Waals surface area (Å²) < 4.78 is 65.9. The van der Waals surface area contributed by atoms with Gasteiger partial charge in [0.05, 0.1) is 29.6 Å². The van der Waals surface area contributed by atoms with Crippen LogP contribution in [0.2, 0.25) is 0 Å². The minimum atomic E-state index is -3.07. The van der Waals surface area contributed by atoms with Gasteiger partial charge in [0, 0.05) is 36.0 Å². The minimum Gasteiger partial charge on any atom is -0.489 e. The van der Waals surface area contributed by atoms with Gasteiger partial charge in [-0.3, -0.25) is 14.2 Å². The number of pyridine rings is 2. The number of anilines is 1. The standard InChI is InChI=1S/C25H24F4N4O4/c1-24-10-25(11-24,12-36-24)18-9-32-8-15(21(34)30-16-3-2-4-33(22(16)35)23(28)29)17(7-19(32)31-18)37-14-5-13(6-14)20(26)27/h2-4,7-9,13-14,20,23H,5-6,10-12H2,1H3,(H,30,34). The number of hydrogen-bond donors (Lipinski definition) is 1. The fourth-order valence-corrected chi connectivity index (χ4v) is 5.73. The molecule has 2 bridgehead atoms. The molecule has 7 rings (SSSR count). The maximum absolute atomic E-state index is 13.2. The number of imidazole rings is 1. The number of carbonyl (C=O) groups excluding carboxylic acids is 1. The zero-order valence-corrected chi connectivity index (χ0v) is 19.8. The van der Waals surface area contributed by atoms with Crippen LogP contribution >= 0.6 is 0 Å². The largest absolute Gasteiger partial charge is 0.489 e. The molecule has 196 valence electrons. The van der Waals surface area contributed by atoms with Gasteiger partial charge in [0.1, 0.15) is 17.1 Å². The lowest BCUT2D eigenvalue weighted by molar-refractivity contribution is -0.0330. The summed E-state index contributed by atoms with van der Waals surface area (Å²) in [6, 6.07) is 4.00. The molecule has 3 aromatic heterocycles. The molecule has 0 unspecified atom stereocenters. The molecule has 37 heavy (non-hydrogen) atoms. The third kappa shape index (κ3) is 3.97. The fraction of sp³-hybridized carbons (Fsp3) is 0.480. The Morgan fingerprint density at radius 3 is 2.65 bits per heavy atom. The Labute approximate surface area is 208 Å². The summed E-state index contributed by atoms with van der Waals surface area (Å²) >= 11 is 0. The molecule has 1 amide bonds. The number of aromatic nitrogens is 3. The Hall–Kier alpha value is -3.41. The summed E-state index contributed by atoms with van der Waals surface area (Å²) in [4.78, 5) is 30.3. The van der Waals surface area contributed by atoms with Crippen molar-refractivity contribution in [1.82, 2.24) is 14.0 Å². The van der Waals surface area contributed by atoms with Crippen molar-refractivity contribution in [3.8, 4) is 5.75 Å². The molecule has 8 nitrogen and oxygen atoms in total. The molecule has 2 aliphatic heterocycles. The van der Waals surface area contributed by atoms with E-state index >= 15 is 0 Å². The molecule has 0 spiro atoms. The van der Waals surface area contributed by atoms with E-state index in [4.69, 9.17) is 14.5 Å². The molecule has 2 saturated heterocycles. The van der Waals surface area contributed by atoms with Gasteiger partial charge in [0.15, 0.2) is 0 Å². The number of carbonyl (C=O) groups is 1. The Balaban J connectivity index is 1.34. The summed E-state index contributed by atoms with van der Waals surface area (Å²) in [5.41, 5.74) is -0.415. The highest BCUT2D eigenvalue weighted by molar-refractivity contribution is 6.06. The van der Waals surface area contributed by atoms with E-state index in [9.17, 15) is 27.2 Å². The highest BCUT2D eigenvalue weighted by atomic mass is 19.3. The minimum absolute atomic E-state index is 0.0161. The number of alkyl halides is 4. The van der Waals surface area contributed by atoms with Gasteiger partial charge < -0.3 is 19.2 Å². The molecular formula is C25H24F4N4O4. The number of nitrogens with one attached hydrogen (secondary N) is 1. The average Bonchev–Trinajstić information content (AvgIpc) is 3.46. The van der Waals surface area contributed by atoms with Gasteiger partial charge in [-0.25, -0.2) is 13.8 Å². The molecule has 0 atom stereocenters. The second-order valence-electron chi connectivity index (χ2n) is 10.5. The van der Waals surface area contributed by atoms with Crippen LogP contribution in [0.4, 0.5) is 23.2 Å². The van der Waals surface area contributed by atoms with Crippen LogP contribution in [0.1, 0.15) is 55.2 Å². The first-order chi connectivity index (χ1) is 17.6. The molecule has 5 heterocycles. The molecule has 2 aliphatic carbocycles. The Kier molecular flexibility index (Phi) is 5.38. The van der Waals surface area contributed by atoms with Gasteiger partial charge in [-0.15, -0.1) is 0 Å². The normalized spacial score (nSPS) is 28.4. The van der Waals surface area contributed by atoms with E-state index in [0.29, 0.717) is 12.3 Å². The van der Waals surface area contributed by atoms with Crippen molar-refractivity contribution in [1.29, 1.82) is 0 Å². The van der Waals surface area contributed by atoms with Crippen molar-refractivity contribution < 1.29 is 31.8 Å². The van der Waals surface area contributed by atoms with E-state index in [-0.39, 0.29) is 45.4 Å². The highest BCUT2D eigenvalue weighted by Gasteiger charge is 2.61. The lowest BCUT2D eigenvalue weighted by atomic mass is 9.62. The molecule has 12 heteroatoms. The molecule has 2 saturated carbocycles. The van der Waals surface area contributed by atoms with Crippen molar-refractivity contribution in [2.45, 2.75) is 62.7 Å². The molecule has 0 aromatic carbocycles.